The van der Waals surface area contributed by atoms with Gasteiger partial charge in [-0.25, -0.2) is 0 Å². The van der Waals surface area contributed by atoms with Crippen molar-refractivity contribution in [2.75, 3.05) is 19.8 Å². The summed E-state index contributed by atoms with van der Waals surface area (Å²) in [7, 11) is 0. The molecule has 2 heterocycles. The predicted octanol–water partition coefficient (Wildman–Crippen LogP) is 1.95. The fourth-order valence-corrected chi connectivity index (χ4v) is 3.12. The molecule has 2 aliphatic heterocycles. The Morgan fingerprint density at radius 1 is 1.19 bits per heavy atom. The van der Waals surface area contributed by atoms with E-state index in [0.29, 0.717) is 18.1 Å². The lowest BCUT2D eigenvalue weighted by molar-refractivity contribution is 0.0520. The fraction of sp³-hybridized carbons (Fsp3) is 1.00. The third-order valence-corrected chi connectivity index (χ3v) is 4.16. The molecule has 2 rings (SSSR count). The Hall–Kier alpha value is -0.120. The molecule has 94 valence electrons. The summed E-state index contributed by atoms with van der Waals surface area (Å²) in [5.74, 6) is 1.37. The van der Waals surface area contributed by atoms with Gasteiger partial charge in [-0.2, -0.15) is 0 Å². The molecule has 3 nitrogen and oxygen atoms in total. The Balaban J connectivity index is 1.79. The average Bonchev–Trinajstić information content (AvgIpc) is 2.78. The van der Waals surface area contributed by atoms with E-state index in [0.717, 1.165) is 45.0 Å². The lowest BCUT2D eigenvalue weighted by Gasteiger charge is -2.29. The predicted molar refractivity (Wildman–Crippen MR) is 64.3 cm³/mol. The number of rotatable bonds is 4. The number of ether oxygens (including phenoxy) is 2. The van der Waals surface area contributed by atoms with Crippen LogP contribution in [-0.4, -0.2) is 32.0 Å². The van der Waals surface area contributed by atoms with Crippen LogP contribution in [-0.2, 0) is 9.47 Å². The van der Waals surface area contributed by atoms with Crippen LogP contribution < -0.4 is 5.73 Å². The van der Waals surface area contributed by atoms with Crippen molar-refractivity contribution in [1.29, 1.82) is 0 Å². The summed E-state index contributed by atoms with van der Waals surface area (Å²) in [6, 6.07) is 0.329. The van der Waals surface area contributed by atoms with Crippen LogP contribution in [0.2, 0.25) is 0 Å². The first-order valence-electron chi connectivity index (χ1n) is 6.76. The van der Waals surface area contributed by atoms with Gasteiger partial charge in [0.15, 0.2) is 0 Å². The van der Waals surface area contributed by atoms with Gasteiger partial charge < -0.3 is 15.2 Å². The molecule has 0 bridgehead atoms. The van der Waals surface area contributed by atoms with E-state index in [-0.39, 0.29) is 0 Å². The summed E-state index contributed by atoms with van der Waals surface area (Å²) in [4.78, 5) is 0. The second-order valence-electron chi connectivity index (χ2n) is 5.23. The van der Waals surface area contributed by atoms with Gasteiger partial charge in [-0.1, -0.05) is 6.92 Å². The van der Waals surface area contributed by atoms with Gasteiger partial charge in [0.2, 0.25) is 0 Å². The molecule has 0 aromatic rings. The van der Waals surface area contributed by atoms with Gasteiger partial charge in [0.25, 0.3) is 0 Å². The van der Waals surface area contributed by atoms with Gasteiger partial charge in [-0.05, 0) is 38.0 Å². The van der Waals surface area contributed by atoms with Crippen LogP contribution in [0.3, 0.4) is 0 Å². The summed E-state index contributed by atoms with van der Waals surface area (Å²) in [5, 5.41) is 0. The maximum atomic E-state index is 6.35. The molecule has 0 aromatic heterocycles. The Bertz CT molecular complexity index is 204. The molecular weight excluding hydrogens is 202 g/mol. The van der Waals surface area contributed by atoms with E-state index in [4.69, 9.17) is 15.2 Å². The number of nitrogens with two attached hydrogens (primary N) is 1. The van der Waals surface area contributed by atoms with Crippen molar-refractivity contribution in [3.8, 4) is 0 Å². The smallest absolute Gasteiger partial charge is 0.0616 e. The minimum atomic E-state index is 0.329. The van der Waals surface area contributed by atoms with Crippen LogP contribution in [0.15, 0.2) is 0 Å². The van der Waals surface area contributed by atoms with Gasteiger partial charge in [0.05, 0.1) is 6.10 Å². The van der Waals surface area contributed by atoms with E-state index in [1.807, 2.05) is 0 Å². The molecular formula is C13H25NO2. The van der Waals surface area contributed by atoms with E-state index in [9.17, 15) is 0 Å². The van der Waals surface area contributed by atoms with Crippen LogP contribution in [0.1, 0.15) is 39.0 Å². The van der Waals surface area contributed by atoms with Crippen molar-refractivity contribution in [2.45, 2.75) is 51.2 Å². The van der Waals surface area contributed by atoms with Crippen molar-refractivity contribution < 1.29 is 9.47 Å². The molecule has 0 amide bonds. The van der Waals surface area contributed by atoms with E-state index in [2.05, 4.69) is 6.92 Å². The first kappa shape index (κ1) is 12.3. The quantitative estimate of drug-likeness (QED) is 0.798. The molecule has 16 heavy (non-hydrogen) atoms. The highest BCUT2D eigenvalue weighted by Gasteiger charge is 2.32. The highest BCUT2D eigenvalue weighted by atomic mass is 16.5. The molecule has 0 aromatic carbocycles. The normalized spacial score (nSPS) is 34.1. The van der Waals surface area contributed by atoms with Crippen LogP contribution in [0.5, 0.6) is 0 Å². The third-order valence-electron chi connectivity index (χ3n) is 4.16. The molecule has 0 radical (unpaired) electrons. The maximum absolute atomic E-state index is 6.35. The largest absolute Gasteiger partial charge is 0.381 e. The van der Waals surface area contributed by atoms with Crippen molar-refractivity contribution in [3.63, 3.8) is 0 Å². The van der Waals surface area contributed by atoms with E-state index < -0.39 is 0 Å². The molecule has 3 atom stereocenters. The average molecular weight is 227 g/mol. The lowest BCUT2D eigenvalue weighted by atomic mass is 9.83. The Kier molecular flexibility index (Phi) is 4.62. The fourth-order valence-electron chi connectivity index (χ4n) is 3.12. The van der Waals surface area contributed by atoms with Gasteiger partial charge in [-0.3, -0.25) is 0 Å². The van der Waals surface area contributed by atoms with Crippen LogP contribution in [0, 0.1) is 11.8 Å². The van der Waals surface area contributed by atoms with E-state index >= 15 is 0 Å². The summed E-state index contributed by atoms with van der Waals surface area (Å²) >= 11 is 0. The van der Waals surface area contributed by atoms with E-state index in [1.54, 1.807) is 0 Å². The highest BCUT2D eigenvalue weighted by Crippen LogP contribution is 2.30. The summed E-state index contributed by atoms with van der Waals surface area (Å²) < 4.78 is 11.1. The monoisotopic (exact) mass is 227 g/mol. The summed E-state index contributed by atoms with van der Waals surface area (Å²) in [6.45, 7) is 4.96. The lowest BCUT2D eigenvalue weighted by Crippen LogP contribution is -2.37. The maximum Gasteiger partial charge on any atom is 0.0616 e. The standard InChI is InChI=1S/C13H25NO2/c1-2-13-11(5-8-16-13)12(14)9-10-3-6-15-7-4-10/h10-13H,2-9,14H2,1H3. The molecule has 0 aliphatic carbocycles. The molecule has 2 fully saturated rings. The first-order valence-corrected chi connectivity index (χ1v) is 6.76. The minimum absolute atomic E-state index is 0.329. The minimum Gasteiger partial charge on any atom is -0.381 e. The van der Waals surface area contributed by atoms with Gasteiger partial charge >= 0.3 is 0 Å². The summed E-state index contributed by atoms with van der Waals surface area (Å²) in [6.07, 6.45) is 6.22. The molecule has 0 saturated carbocycles. The van der Waals surface area contributed by atoms with Crippen LogP contribution in [0.4, 0.5) is 0 Å². The van der Waals surface area contributed by atoms with Crippen molar-refractivity contribution in [2.24, 2.45) is 17.6 Å². The topological polar surface area (TPSA) is 44.5 Å². The van der Waals surface area contributed by atoms with Crippen LogP contribution in [0.25, 0.3) is 0 Å². The van der Waals surface area contributed by atoms with Gasteiger partial charge in [0.1, 0.15) is 0 Å². The molecule has 2 aliphatic rings. The molecule has 2 saturated heterocycles. The van der Waals surface area contributed by atoms with Gasteiger partial charge in [0, 0.05) is 31.8 Å². The SMILES string of the molecule is CCC1OCCC1C(N)CC1CCOCC1. The second-order valence-corrected chi connectivity index (χ2v) is 5.23. The van der Waals surface area contributed by atoms with Gasteiger partial charge in [-0.15, -0.1) is 0 Å². The Morgan fingerprint density at radius 3 is 2.62 bits per heavy atom. The molecule has 2 N–H and O–H groups in total. The second kappa shape index (κ2) is 5.99. The molecule has 3 heteroatoms. The molecule has 0 spiro atoms. The molecule has 3 unspecified atom stereocenters. The van der Waals surface area contributed by atoms with Crippen molar-refractivity contribution in [3.05, 3.63) is 0 Å². The summed E-state index contributed by atoms with van der Waals surface area (Å²) in [5.41, 5.74) is 6.35. The Morgan fingerprint density at radius 2 is 1.94 bits per heavy atom. The Labute approximate surface area is 98.7 Å². The van der Waals surface area contributed by atoms with Crippen molar-refractivity contribution in [1.82, 2.24) is 0 Å². The number of hydrogen-bond donors (Lipinski definition) is 1. The zero-order chi connectivity index (χ0) is 11.4. The number of hydrogen-bond acceptors (Lipinski definition) is 3. The zero-order valence-electron chi connectivity index (χ0n) is 10.4. The first-order chi connectivity index (χ1) is 7.81. The van der Waals surface area contributed by atoms with E-state index in [1.165, 1.54) is 12.8 Å². The third kappa shape index (κ3) is 2.96. The van der Waals surface area contributed by atoms with Crippen LogP contribution >= 0.6 is 0 Å². The van der Waals surface area contributed by atoms with Crippen molar-refractivity contribution >= 4 is 0 Å². The zero-order valence-corrected chi connectivity index (χ0v) is 10.4. The highest BCUT2D eigenvalue weighted by molar-refractivity contribution is 4.85.